The molecule has 0 amide bonds. The molecule has 2 rings (SSSR count). The number of benzene rings is 1. The number of hydrogen-bond donors (Lipinski definition) is 1. The van der Waals surface area contributed by atoms with Crippen molar-refractivity contribution in [3.63, 3.8) is 0 Å². The van der Waals surface area contributed by atoms with Crippen molar-refractivity contribution < 1.29 is 9.53 Å². The molecule has 0 aliphatic heterocycles. The normalized spacial score (nSPS) is 27.0. The van der Waals surface area contributed by atoms with Gasteiger partial charge in [0.25, 0.3) is 0 Å². The van der Waals surface area contributed by atoms with Gasteiger partial charge in [0, 0.05) is 5.69 Å². The van der Waals surface area contributed by atoms with Crippen molar-refractivity contribution in [3.05, 3.63) is 28.8 Å². The summed E-state index contributed by atoms with van der Waals surface area (Å²) in [6, 6.07) is 5.04. The minimum atomic E-state index is -0.408. The van der Waals surface area contributed by atoms with Crippen LogP contribution >= 0.6 is 11.6 Å². The van der Waals surface area contributed by atoms with Crippen LogP contribution in [0, 0.1) is 11.8 Å². The number of halogens is 1. The van der Waals surface area contributed by atoms with Crippen molar-refractivity contribution in [2.24, 2.45) is 11.8 Å². The van der Waals surface area contributed by atoms with Gasteiger partial charge in [0.15, 0.2) is 0 Å². The lowest BCUT2D eigenvalue weighted by Gasteiger charge is -2.31. The molecule has 1 aromatic carbocycles. The van der Waals surface area contributed by atoms with E-state index in [1.54, 1.807) is 18.2 Å². The average molecular weight is 282 g/mol. The molecule has 1 aliphatic rings. The summed E-state index contributed by atoms with van der Waals surface area (Å²) in [5.41, 5.74) is 6.45. The van der Waals surface area contributed by atoms with Crippen LogP contribution in [0.25, 0.3) is 0 Å². The highest BCUT2D eigenvalue weighted by Gasteiger charge is 2.28. The Morgan fingerprint density at radius 1 is 1.26 bits per heavy atom. The van der Waals surface area contributed by atoms with Crippen LogP contribution in [0.3, 0.4) is 0 Å². The molecule has 2 N–H and O–H groups in total. The minimum absolute atomic E-state index is 0.0260. The molecule has 4 heteroatoms. The lowest BCUT2D eigenvalue weighted by Crippen LogP contribution is -2.28. The van der Waals surface area contributed by atoms with Crippen LogP contribution in [-0.4, -0.2) is 12.1 Å². The van der Waals surface area contributed by atoms with Gasteiger partial charge in [-0.2, -0.15) is 0 Å². The van der Waals surface area contributed by atoms with Crippen molar-refractivity contribution in [3.8, 4) is 0 Å². The summed E-state index contributed by atoms with van der Waals surface area (Å²) < 4.78 is 5.58. The number of carbonyl (C=O) groups excluding carboxylic acids is 1. The van der Waals surface area contributed by atoms with Crippen LogP contribution in [0.4, 0.5) is 5.69 Å². The molecule has 2 atom stereocenters. The molecule has 0 spiro atoms. The lowest BCUT2D eigenvalue weighted by molar-refractivity contribution is 0.00819. The largest absolute Gasteiger partial charge is 0.459 e. The van der Waals surface area contributed by atoms with Crippen molar-refractivity contribution in [2.45, 2.75) is 39.2 Å². The molecule has 1 aromatic rings. The Bertz CT molecular complexity index is 445. The van der Waals surface area contributed by atoms with Gasteiger partial charge in [-0.05, 0) is 43.2 Å². The summed E-state index contributed by atoms with van der Waals surface area (Å²) >= 11 is 6.02. The Balaban J connectivity index is 2.09. The molecule has 104 valence electrons. The van der Waals surface area contributed by atoms with E-state index in [-0.39, 0.29) is 11.7 Å². The summed E-state index contributed by atoms with van der Waals surface area (Å²) in [7, 11) is 0. The first-order valence-electron chi connectivity index (χ1n) is 6.72. The van der Waals surface area contributed by atoms with Gasteiger partial charge in [-0.15, -0.1) is 0 Å². The second-order valence-corrected chi connectivity index (χ2v) is 6.06. The maximum Gasteiger partial charge on any atom is 0.342 e. The van der Waals surface area contributed by atoms with E-state index in [4.69, 9.17) is 22.1 Å². The summed E-state index contributed by atoms with van der Waals surface area (Å²) in [6.07, 6.45) is 3.00. The molecule has 0 bridgehead atoms. The number of nitrogen functional groups attached to an aromatic ring is 1. The average Bonchev–Trinajstić information content (AvgIpc) is 2.26. The third-order valence-corrected chi connectivity index (χ3v) is 3.97. The zero-order chi connectivity index (χ0) is 14.0. The first-order valence-corrected chi connectivity index (χ1v) is 7.10. The molecular weight excluding hydrogens is 262 g/mol. The van der Waals surface area contributed by atoms with Gasteiger partial charge < -0.3 is 10.5 Å². The van der Waals surface area contributed by atoms with E-state index in [0.717, 1.165) is 12.8 Å². The summed E-state index contributed by atoms with van der Waals surface area (Å²) in [4.78, 5) is 12.2. The van der Waals surface area contributed by atoms with Crippen molar-refractivity contribution in [2.75, 3.05) is 5.73 Å². The number of anilines is 1. The van der Waals surface area contributed by atoms with Gasteiger partial charge in [-0.25, -0.2) is 4.79 Å². The van der Waals surface area contributed by atoms with Crippen molar-refractivity contribution in [1.29, 1.82) is 0 Å². The maximum atomic E-state index is 12.2. The number of nitrogens with two attached hydrogens (primary N) is 1. The van der Waals surface area contributed by atoms with E-state index in [1.807, 2.05) is 0 Å². The van der Waals surface area contributed by atoms with Crippen LogP contribution in [0.5, 0.6) is 0 Å². The Labute approximate surface area is 119 Å². The topological polar surface area (TPSA) is 52.3 Å². The predicted molar refractivity (Wildman–Crippen MR) is 77.2 cm³/mol. The highest BCUT2D eigenvalue weighted by molar-refractivity contribution is 6.34. The number of ether oxygens (including phenoxy) is 1. The van der Waals surface area contributed by atoms with Crippen LogP contribution in [0.2, 0.25) is 5.02 Å². The summed E-state index contributed by atoms with van der Waals surface area (Å²) in [5.74, 6) is 0.768. The maximum absolute atomic E-state index is 12.2. The smallest absolute Gasteiger partial charge is 0.342 e. The SMILES string of the molecule is CC1CC(C)CC(OC(=O)c2c(N)cccc2Cl)C1. The van der Waals surface area contributed by atoms with E-state index in [0.29, 0.717) is 22.5 Å². The summed E-state index contributed by atoms with van der Waals surface area (Å²) in [6.45, 7) is 4.39. The van der Waals surface area contributed by atoms with Crippen LogP contribution < -0.4 is 5.73 Å². The standard InChI is InChI=1S/C15H20ClNO2/c1-9-6-10(2)8-11(7-9)19-15(18)14-12(16)4-3-5-13(14)17/h3-5,9-11H,6-8,17H2,1-2H3. The molecule has 0 heterocycles. The van der Waals surface area contributed by atoms with Gasteiger partial charge in [0.2, 0.25) is 0 Å². The van der Waals surface area contributed by atoms with Crippen molar-refractivity contribution >= 4 is 23.3 Å². The van der Waals surface area contributed by atoms with E-state index >= 15 is 0 Å². The second kappa shape index (κ2) is 5.83. The van der Waals surface area contributed by atoms with E-state index < -0.39 is 5.97 Å². The van der Waals surface area contributed by atoms with Gasteiger partial charge in [0.1, 0.15) is 11.7 Å². The van der Waals surface area contributed by atoms with E-state index in [2.05, 4.69) is 13.8 Å². The first kappa shape index (κ1) is 14.2. The highest BCUT2D eigenvalue weighted by Crippen LogP contribution is 2.32. The van der Waals surface area contributed by atoms with Gasteiger partial charge in [-0.1, -0.05) is 31.5 Å². The number of carbonyl (C=O) groups is 1. The monoisotopic (exact) mass is 281 g/mol. The predicted octanol–water partition coefficient (Wildman–Crippen LogP) is 3.90. The van der Waals surface area contributed by atoms with Gasteiger partial charge in [-0.3, -0.25) is 0 Å². The molecule has 1 saturated carbocycles. The summed E-state index contributed by atoms with van der Waals surface area (Å²) in [5, 5.41) is 0.349. The number of hydrogen-bond acceptors (Lipinski definition) is 3. The van der Waals surface area contributed by atoms with Gasteiger partial charge >= 0.3 is 5.97 Å². The lowest BCUT2D eigenvalue weighted by atomic mass is 9.82. The zero-order valence-corrected chi connectivity index (χ0v) is 12.1. The molecule has 0 radical (unpaired) electrons. The molecule has 2 unspecified atom stereocenters. The van der Waals surface area contributed by atoms with Gasteiger partial charge in [0.05, 0.1) is 5.02 Å². The number of esters is 1. The van der Waals surface area contributed by atoms with E-state index in [9.17, 15) is 4.79 Å². The van der Waals surface area contributed by atoms with Crippen LogP contribution in [-0.2, 0) is 4.74 Å². The van der Waals surface area contributed by atoms with Crippen LogP contribution in [0.1, 0.15) is 43.5 Å². The molecule has 1 fully saturated rings. The zero-order valence-electron chi connectivity index (χ0n) is 11.4. The third-order valence-electron chi connectivity index (χ3n) is 3.66. The highest BCUT2D eigenvalue weighted by atomic mass is 35.5. The first-order chi connectivity index (χ1) is 8.97. The minimum Gasteiger partial charge on any atom is -0.459 e. The fourth-order valence-electron chi connectivity index (χ4n) is 2.94. The molecular formula is C15H20ClNO2. The molecule has 0 aromatic heterocycles. The Kier molecular flexibility index (Phi) is 4.35. The third kappa shape index (κ3) is 3.41. The molecule has 19 heavy (non-hydrogen) atoms. The molecule has 0 saturated heterocycles. The Morgan fingerprint density at radius 3 is 2.47 bits per heavy atom. The van der Waals surface area contributed by atoms with Crippen molar-refractivity contribution in [1.82, 2.24) is 0 Å². The van der Waals surface area contributed by atoms with Crippen LogP contribution in [0.15, 0.2) is 18.2 Å². The molecule has 3 nitrogen and oxygen atoms in total. The fourth-order valence-corrected chi connectivity index (χ4v) is 3.19. The van der Waals surface area contributed by atoms with E-state index in [1.165, 1.54) is 6.42 Å². The number of rotatable bonds is 2. The fraction of sp³-hybridized carbons (Fsp3) is 0.533. The second-order valence-electron chi connectivity index (χ2n) is 5.65. The molecule has 1 aliphatic carbocycles. The Morgan fingerprint density at radius 2 is 1.89 bits per heavy atom. The quantitative estimate of drug-likeness (QED) is 0.661. The Hall–Kier alpha value is -1.22.